The molecule has 0 unspecified atom stereocenters. The molecule has 8 heavy (non-hydrogen) atoms. The third-order valence-corrected chi connectivity index (χ3v) is 0.926. The zero-order chi connectivity index (χ0) is 5.54. The van der Waals surface area contributed by atoms with Gasteiger partial charge in [-0.1, -0.05) is 19.8 Å². The molecular formula is C6H15BO. The minimum atomic E-state index is 0. The number of aldehydes is 1. The van der Waals surface area contributed by atoms with E-state index in [-0.39, 0.29) is 8.41 Å². The van der Waals surface area contributed by atoms with Crippen LogP contribution >= 0.6 is 0 Å². The van der Waals surface area contributed by atoms with Crippen molar-refractivity contribution in [2.75, 3.05) is 0 Å². The molecule has 0 amide bonds. The molecule has 1 nitrogen and oxygen atoms in total. The molecule has 0 saturated heterocycles. The number of carbonyl (C=O) groups is 1. The van der Waals surface area contributed by atoms with Crippen LogP contribution in [0.25, 0.3) is 0 Å². The first-order valence-corrected chi connectivity index (χ1v) is 2.85. The van der Waals surface area contributed by atoms with Crippen LogP contribution in [0.5, 0.6) is 0 Å². The molecule has 0 N–H and O–H groups in total. The van der Waals surface area contributed by atoms with Crippen LogP contribution in [0.1, 0.15) is 32.6 Å². The molecule has 0 aliphatic carbocycles. The highest BCUT2D eigenvalue weighted by molar-refractivity contribution is 5.75. The lowest BCUT2D eigenvalue weighted by Gasteiger charge is -1.85. The molecule has 0 aromatic heterocycles. The monoisotopic (exact) mass is 114 g/mol. The van der Waals surface area contributed by atoms with Crippen LogP contribution in [0, 0.1) is 0 Å². The van der Waals surface area contributed by atoms with Crippen LogP contribution in [0.15, 0.2) is 0 Å². The van der Waals surface area contributed by atoms with Crippen molar-refractivity contribution < 1.29 is 4.79 Å². The second-order valence-electron chi connectivity index (χ2n) is 1.66. The average Bonchev–Trinajstić information content (AvgIpc) is 1.69. The predicted molar refractivity (Wildman–Crippen MR) is 40.1 cm³/mol. The Morgan fingerprint density at radius 3 is 2.38 bits per heavy atom. The Hall–Kier alpha value is -0.265. The maximum atomic E-state index is 9.68. The molecule has 0 spiro atoms. The van der Waals surface area contributed by atoms with Crippen LogP contribution in [-0.4, -0.2) is 14.7 Å². The summed E-state index contributed by atoms with van der Waals surface area (Å²) in [6, 6.07) is 0. The van der Waals surface area contributed by atoms with Gasteiger partial charge in [0.2, 0.25) is 0 Å². The van der Waals surface area contributed by atoms with Crippen molar-refractivity contribution in [3.8, 4) is 0 Å². The van der Waals surface area contributed by atoms with Crippen molar-refractivity contribution in [2.24, 2.45) is 0 Å². The largest absolute Gasteiger partial charge is 0.303 e. The fourth-order valence-corrected chi connectivity index (χ4v) is 0.478. The number of unbranched alkanes of at least 4 members (excludes halogenated alkanes) is 3. The van der Waals surface area contributed by atoms with Crippen molar-refractivity contribution >= 4 is 14.7 Å². The van der Waals surface area contributed by atoms with Gasteiger partial charge in [0.05, 0.1) is 8.41 Å². The summed E-state index contributed by atoms with van der Waals surface area (Å²) < 4.78 is 0. The Bertz CT molecular complexity index is 45.8. The summed E-state index contributed by atoms with van der Waals surface area (Å²) in [6.45, 7) is 2.13. The van der Waals surface area contributed by atoms with Crippen molar-refractivity contribution in [1.29, 1.82) is 0 Å². The minimum Gasteiger partial charge on any atom is -0.303 e. The van der Waals surface area contributed by atoms with E-state index in [4.69, 9.17) is 0 Å². The lowest BCUT2D eigenvalue weighted by molar-refractivity contribution is -0.107. The molecule has 0 aliphatic heterocycles. The van der Waals surface area contributed by atoms with Crippen molar-refractivity contribution in [1.82, 2.24) is 0 Å². The number of hydrogen-bond donors (Lipinski definition) is 0. The molecule has 0 bridgehead atoms. The fourth-order valence-electron chi connectivity index (χ4n) is 0.478. The molecule has 0 heterocycles. The molecular weight excluding hydrogens is 98.9 g/mol. The van der Waals surface area contributed by atoms with Crippen LogP contribution in [-0.2, 0) is 4.79 Å². The Labute approximate surface area is 53.0 Å². The van der Waals surface area contributed by atoms with Crippen molar-refractivity contribution in [3.05, 3.63) is 0 Å². The minimum absolute atomic E-state index is 0. The van der Waals surface area contributed by atoms with Crippen molar-refractivity contribution in [2.45, 2.75) is 32.6 Å². The van der Waals surface area contributed by atoms with E-state index in [2.05, 4.69) is 6.92 Å². The van der Waals surface area contributed by atoms with Crippen LogP contribution in [0.3, 0.4) is 0 Å². The summed E-state index contributed by atoms with van der Waals surface area (Å²) in [7, 11) is 0. The Morgan fingerprint density at radius 1 is 1.38 bits per heavy atom. The van der Waals surface area contributed by atoms with E-state index in [0.29, 0.717) is 0 Å². The Morgan fingerprint density at radius 2 is 2.00 bits per heavy atom. The lowest BCUT2D eigenvalue weighted by Crippen LogP contribution is -1.73. The van der Waals surface area contributed by atoms with E-state index in [1.54, 1.807) is 0 Å². The van der Waals surface area contributed by atoms with Crippen LogP contribution in [0.4, 0.5) is 0 Å². The second kappa shape index (κ2) is 9.88. The van der Waals surface area contributed by atoms with E-state index < -0.39 is 0 Å². The smallest absolute Gasteiger partial charge is 0.119 e. The predicted octanol–water partition coefficient (Wildman–Crippen LogP) is 0.582. The van der Waals surface area contributed by atoms with Gasteiger partial charge in [-0.25, -0.2) is 0 Å². The van der Waals surface area contributed by atoms with E-state index in [9.17, 15) is 4.79 Å². The molecule has 0 radical (unpaired) electrons. The standard InChI is InChI=1S/C6H12O.BH3/c1-2-3-4-5-6-7;/h6H,2-5H2,1H3;1H3. The van der Waals surface area contributed by atoms with Gasteiger partial charge in [0.15, 0.2) is 0 Å². The molecule has 0 fully saturated rings. The zero-order valence-electron chi connectivity index (χ0n) is 4.81. The first kappa shape index (κ1) is 10.7. The quantitative estimate of drug-likeness (QED) is 0.297. The first-order valence-electron chi connectivity index (χ1n) is 2.85. The van der Waals surface area contributed by atoms with Gasteiger partial charge in [0, 0.05) is 6.42 Å². The van der Waals surface area contributed by atoms with Gasteiger partial charge in [-0.15, -0.1) is 0 Å². The van der Waals surface area contributed by atoms with Gasteiger partial charge in [0.1, 0.15) is 6.29 Å². The number of rotatable bonds is 4. The van der Waals surface area contributed by atoms with Gasteiger partial charge in [-0.05, 0) is 6.42 Å². The highest BCUT2D eigenvalue weighted by Crippen LogP contribution is 1.94. The molecule has 0 aromatic rings. The highest BCUT2D eigenvalue weighted by atomic mass is 16.1. The number of carbonyl (C=O) groups excluding carboxylic acids is 1. The third-order valence-electron chi connectivity index (χ3n) is 0.926. The lowest BCUT2D eigenvalue weighted by atomic mass is 10.2. The van der Waals surface area contributed by atoms with E-state index in [0.717, 1.165) is 19.1 Å². The molecule has 0 atom stereocenters. The van der Waals surface area contributed by atoms with E-state index in [1.807, 2.05) is 0 Å². The summed E-state index contributed by atoms with van der Waals surface area (Å²) in [4.78, 5) is 9.68. The Balaban J connectivity index is 0. The molecule has 0 saturated carbocycles. The second-order valence-corrected chi connectivity index (χ2v) is 1.66. The SMILES string of the molecule is B.CCCCCC=O. The average molecular weight is 114 g/mol. The van der Waals surface area contributed by atoms with Crippen molar-refractivity contribution in [3.63, 3.8) is 0 Å². The van der Waals surface area contributed by atoms with Gasteiger partial charge in [-0.3, -0.25) is 0 Å². The number of hydrogen-bond acceptors (Lipinski definition) is 1. The molecule has 0 rings (SSSR count). The van der Waals surface area contributed by atoms with E-state index in [1.165, 1.54) is 12.8 Å². The Kier molecular flexibility index (Phi) is 13.2. The summed E-state index contributed by atoms with van der Waals surface area (Å²) in [5.41, 5.74) is 0. The van der Waals surface area contributed by atoms with Gasteiger partial charge < -0.3 is 4.79 Å². The highest BCUT2D eigenvalue weighted by Gasteiger charge is 1.80. The third kappa shape index (κ3) is 9.22. The molecule has 0 aliphatic rings. The molecule has 2 heteroatoms. The zero-order valence-corrected chi connectivity index (χ0v) is 4.81. The summed E-state index contributed by atoms with van der Waals surface area (Å²) in [5.74, 6) is 0. The van der Waals surface area contributed by atoms with Crippen LogP contribution < -0.4 is 0 Å². The maximum Gasteiger partial charge on any atom is 0.119 e. The van der Waals surface area contributed by atoms with E-state index >= 15 is 0 Å². The summed E-state index contributed by atoms with van der Waals surface area (Å²) >= 11 is 0. The normalized spacial score (nSPS) is 7.62. The fraction of sp³-hybridized carbons (Fsp3) is 0.833. The maximum absolute atomic E-state index is 9.68. The molecule has 0 aromatic carbocycles. The molecule has 48 valence electrons. The van der Waals surface area contributed by atoms with Gasteiger partial charge in [-0.2, -0.15) is 0 Å². The first-order chi connectivity index (χ1) is 3.41. The van der Waals surface area contributed by atoms with Gasteiger partial charge >= 0.3 is 0 Å². The van der Waals surface area contributed by atoms with Gasteiger partial charge in [0.25, 0.3) is 0 Å². The van der Waals surface area contributed by atoms with Crippen LogP contribution in [0.2, 0.25) is 0 Å². The summed E-state index contributed by atoms with van der Waals surface area (Å²) in [5, 5.41) is 0. The summed E-state index contributed by atoms with van der Waals surface area (Å²) in [6.07, 6.45) is 5.19. The topological polar surface area (TPSA) is 17.1 Å².